The average molecular weight is 493 g/mol. The second-order valence-electron chi connectivity index (χ2n) is 13.8. The molecule has 1 saturated heterocycles. The van der Waals surface area contributed by atoms with Crippen LogP contribution in [-0.4, -0.2) is 61.3 Å². The van der Waals surface area contributed by atoms with Crippen molar-refractivity contribution in [3.8, 4) is 0 Å². The van der Waals surface area contributed by atoms with E-state index in [4.69, 9.17) is 18.0 Å². The summed E-state index contributed by atoms with van der Waals surface area (Å²) in [5.74, 6) is 0. The Labute approximate surface area is 196 Å². The van der Waals surface area contributed by atoms with Crippen LogP contribution in [0.3, 0.4) is 0 Å². The predicted molar refractivity (Wildman–Crippen MR) is 138 cm³/mol. The molecule has 4 atom stereocenters. The van der Waals surface area contributed by atoms with Crippen LogP contribution in [0.15, 0.2) is 0 Å². The highest BCUT2D eigenvalue weighted by molar-refractivity contribution is 6.75. The van der Waals surface area contributed by atoms with E-state index in [0.29, 0.717) is 0 Å². The van der Waals surface area contributed by atoms with Gasteiger partial charge in [-0.1, -0.05) is 62.3 Å². The molecule has 0 spiro atoms. The van der Waals surface area contributed by atoms with Crippen LogP contribution >= 0.6 is 0 Å². The summed E-state index contributed by atoms with van der Waals surface area (Å²) < 4.78 is 26.9. The molecule has 0 aromatic rings. The van der Waals surface area contributed by atoms with Gasteiger partial charge >= 0.3 is 0 Å². The molecule has 8 heteroatoms. The van der Waals surface area contributed by atoms with E-state index in [1.54, 1.807) is 0 Å². The summed E-state index contributed by atoms with van der Waals surface area (Å²) in [7, 11) is -6.36. The first kappa shape index (κ1) is 29.5. The number of hydrogen-bond donors (Lipinski definition) is 1. The molecule has 5 nitrogen and oxygen atoms in total. The fourth-order valence-corrected chi connectivity index (χ4v) is 6.43. The SMILES string of the molecule is CC(C)(C)[Si](C)(C)O[C@@H]1O[C@H](CO)[C@@H](O[Si](C)(C)C(C)(C)C)[C@H]1O[Si](C)(C)C(C)(C)C. The fourth-order valence-electron chi connectivity index (χ4n) is 2.70. The number of hydrogen-bond acceptors (Lipinski definition) is 5. The van der Waals surface area contributed by atoms with Gasteiger partial charge in [0.25, 0.3) is 0 Å². The molecule has 0 aliphatic carbocycles. The minimum absolute atomic E-state index is 0.0466. The van der Waals surface area contributed by atoms with E-state index in [2.05, 4.69) is 102 Å². The molecule has 1 heterocycles. The minimum Gasteiger partial charge on any atom is -0.408 e. The molecular formula is C23H52O5Si3. The van der Waals surface area contributed by atoms with Crippen molar-refractivity contribution in [3.05, 3.63) is 0 Å². The van der Waals surface area contributed by atoms with Gasteiger partial charge in [0.05, 0.1) is 6.61 Å². The Kier molecular flexibility index (Phi) is 8.79. The van der Waals surface area contributed by atoms with Gasteiger partial charge in [-0.2, -0.15) is 0 Å². The molecule has 1 fully saturated rings. The van der Waals surface area contributed by atoms with Crippen LogP contribution in [0.1, 0.15) is 62.3 Å². The molecule has 31 heavy (non-hydrogen) atoms. The Morgan fingerprint density at radius 3 is 1.26 bits per heavy atom. The molecule has 0 bridgehead atoms. The van der Waals surface area contributed by atoms with Gasteiger partial charge in [-0.25, -0.2) is 0 Å². The standard InChI is InChI=1S/C23H52O5Si3/c1-21(2,3)29(10,11)26-18-17(16-24)25-20(28-31(14,15)23(7,8)9)19(18)27-30(12,13)22(4,5)6/h17-20,24H,16H2,1-15H3/t17-,18-,19-,20+/m1/s1. The van der Waals surface area contributed by atoms with Crippen molar-refractivity contribution in [1.82, 2.24) is 0 Å². The molecule has 0 amide bonds. The highest BCUT2D eigenvalue weighted by atomic mass is 28.4. The van der Waals surface area contributed by atoms with Crippen LogP contribution in [-0.2, 0) is 18.0 Å². The number of aliphatic hydroxyl groups excluding tert-OH is 1. The lowest BCUT2D eigenvalue weighted by Crippen LogP contribution is -2.56. The van der Waals surface area contributed by atoms with Crippen LogP contribution in [0.5, 0.6) is 0 Å². The third-order valence-electron chi connectivity index (χ3n) is 8.14. The Morgan fingerprint density at radius 2 is 0.935 bits per heavy atom. The smallest absolute Gasteiger partial charge is 0.195 e. The van der Waals surface area contributed by atoms with Gasteiger partial charge in [0, 0.05) is 0 Å². The van der Waals surface area contributed by atoms with E-state index < -0.39 is 37.3 Å². The monoisotopic (exact) mass is 492 g/mol. The quantitative estimate of drug-likeness (QED) is 0.411. The lowest BCUT2D eigenvalue weighted by Gasteiger charge is -2.45. The highest BCUT2D eigenvalue weighted by Crippen LogP contribution is 2.45. The summed E-state index contributed by atoms with van der Waals surface area (Å²) in [4.78, 5) is 0. The summed E-state index contributed by atoms with van der Waals surface area (Å²) in [5.41, 5.74) is 0. The molecule has 0 aromatic carbocycles. The van der Waals surface area contributed by atoms with E-state index in [1.165, 1.54) is 0 Å². The lowest BCUT2D eigenvalue weighted by atomic mass is 10.1. The van der Waals surface area contributed by atoms with Crippen molar-refractivity contribution >= 4 is 25.0 Å². The van der Waals surface area contributed by atoms with Crippen LogP contribution in [0.25, 0.3) is 0 Å². The summed E-state index contributed by atoms with van der Waals surface area (Å²) in [5, 5.41) is 10.4. The van der Waals surface area contributed by atoms with E-state index in [-0.39, 0.29) is 33.9 Å². The second kappa shape index (κ2) is 9.24. The van der Waals surface area contributed by atoms with Gasteiger partial charge < -0.3 is 23.1 Å². The molecule has 0 radical (unpaired) electrons. The number of ether oxygens (including phenoxy) is 1. The van der Waals surface area contributed by atoms with Gasteiger partial charge in [0.1, 0.15) is 18.3 Å². The van der Waals surface area contributed by atoms with E-state index in [0.717, 1.165) is 0 Å². The molecular weight excluding hydrogens is 441 g/mol. The minimum atomic E-state index is -2.13. The molecule has 1 rings (SSSR count). The van der Waals surface area contributed by atoms with E-state index in [9.17, 15) is 5.11 Å². The van der Waals surface area contributed by atoms with Crippen molar-refractivity contribution in [2.24, 2.45) is 0 Å². The lowest BCUT2D eigenvalue weighted by molar-refractivity contribution is -0.120. The summed E-state index contributed by atoms with van der Waals surface area (Å²) >= 11 is 0. The highest BCUT2D eigenvalue weighted by Gasteiger charge is 2.55. The third kappa shape index (κ3) is 6.74. The Balaban J connectivity index is 3.41. The first-order valence-electron chi connectivity index (χ1n) is 11.8. The van der Waals surface area contributed by atoms with Crippen molar-refractivity contribution in [1.29, 1.82) is 0 Å². The van der Waals surface area contributed by atoms with Crippen molar-refractivity contribution in [3.63, 3.8) is 0 Å². The molecule has 1 N–H and O–H groups in total. The maximum absolute atomic E-state index is 10.2. The first-order chi connectivity index (χ1) is 13.5. The summed E-state index contributed by atoms with van der Waals surface area (Å²) in [6.45, 7) is 33.5. The molecule has 0 aromatic heterocycles. The van der Waals surface area contributed by atoms with Gasteiger partial charge in [-0.3, -0.25) is 0 Å². The van der Waals surface area contributed by atoms with Crippen LogP contribution in [0.2, 0.25) is 54.4 Å². The van der Waals surface area contributed by atoms with Crippen molar-refractivity contribution in [2.75, 3.05) is 6.61 Å². The van der Waals surface area contributed by atoms with E-state index >= 15 is 0 Å². The van der Waals surface area contributed by atoms with E-state index in [1.807, 2.05) is 0 Å². The Hall–Kier alpha value is 0.451. The van der Waals surface area contributed by atoms with Crippen molar-refractivity contribution in [2.45, 2.75) is 141 Å². The Bertz CT molecular complexity index is 600. The third-order valence-corrected chi connectivity index (χ3v) is 21.5. The van der Waals surface area contributed by atoms with Crippen molar-refractivity contribution < 1.29 is 23.1 Å². The van der Waals surface area contributed by atoms with Crippen LogP contribution in [0.4, 0.5) is 0 Å². The summed E-state index contributed by atoms with van der Waals surface area (Å²) in [6.07, 6.45) is -1.66. The molecule has 0 saturated carbocycles. The number of aliphatic hydroxyl groups is 1. The van der Waals surface area contributed by atoms with Gasteiger partial charge in [-0.15, -0.1) is 0 Å². The van der Waals surface area contributed by atoms with Gasteiger partial charge in [0.2, 0.25) is 0 Å². The van der Waals surface area contributed by atoms with Gasteiger partial charge in [-0.05, 0) is 54.4 Å². The molecule has 1 aliphatic heterocycles. The summed E-state index contributed by atoms with van der Waals surface area (Å²) in [6, 6.07) is 0. The second-order valence-corrected chi connectivity index (χ2v) is 28.1. The predicted octanol–water partition coefficient (Wildman–Crippen LogP) is 6.51. The zero-order chi connectivity index (χ0) is 24.8. The largest absolute Gasteiger partial charge is 0.408 e. The molecule has 0 unspecified atom stereocenters. The Morgan fingerprint density at radius 1 is 0.613 bits per heavy atom. The zero-order valence-electron chi connectivity index (χ0n) is 23.1. The molecule has 186 valence electrons. The maximum atomic E-state index is 10.2. The molecule has 1 aliphatic rings. The van der Waals surface area contributed by atoms with Gasteiger partial charge in [0.15, 0.2) is 31.2 Å². The zero-order valence-corrected chi connectivity index (χ0v) is 26.1. The van der Waals surface area contributed by atoms with Crippen LogP contribution < -0.4 is 0 Å². The fraction of sp³-hybridized carbons (Fsp3) is 1.00. The topological polar surface area (TPSA) is 57.2 Å². The average Bonchev–Trinajstić information content (AvgIpc) is 2.79. The first-order valence-corrected chi connectivity index (χ1v) is 20.5. The normalized spacial score (nSPS) is 27.1. The number of rotatable bonds is 7. The maximum Gasteiger partial charge on any atom is 0.195 e. The van der Waals surface area contributed by atoms with Crippen LogP contribution in [0, 0.1) is 0 Å².